The SMILES string of the molecule is OC1CCC(c2nc(-c3cc(Cl)cc(Cl)c3)no2)CC1. The van der Waals surface area contributed by atoms with E-state index in [4.69, 9.17) is 27.7 Å². The van der Waals surface area contributed by atoms with Gasteiger partial charge < -0.3 is 9.63 Å². The third-order valence-corrected chi connectivity index (χ3v) is 4.04. The minimum atomic E-state index is -0.194. The van der Waals surface area contributed by atoms with Crippen LogP contribution in [-0.4, -0.2) is 21.4 Å². The van der Waals surface area contributed by atoms with Crippen molar-refractivity contribution in [3.8, 4) is 11.4 Å². The second kappa shape index (κ2) is 5.72. The molecule has 3 rings (SSSR count). The summed E-state index contributed by atoms with van der Waals surface area (Å²) in [5, 5.41) is 14.6. The zero-order valence-electron chi connectivity index (χ0n) is 10.7. The van der Waals surface area contributed by atoms with Crippen LogP contribution in [0.5, 0.6) is 0 Å². The van der Waals surface area contributed by atoms with Crippen molar-refractivity contribution in [1.82, 2.24) is 10.1 Å². The predicted molar refractivity (Wildman–Crippen MR) is 77.0 cm³/mol. The lowest BCUT2D eigenvalue weighted by Crippen LogP contribution is -2.17. The second-order valence-corrected chi connectivity index (χ2v) is 5.99. The van der Waals surface area contributed by atoms with Crippen LogP contribution in [0.25, 0.3) is 11.4 Å². The predicted octanol–water partition coefficient (Wildman–Crippen LogP) is 4.06. The number of aliphatic hydroxyl groups excluding tert-OH is 1. The Morgan fingerprint density at radius 2 is 1.70 bits per heavy atom. The summed E-state index contributed by atoms with van der Waals surface area (Å²) >= 11 is 11.9. The first-order valence-corrected chi connectivity index (χ1v) is 7.35. The van der Waals surface area contributed by atoms with Gasteiger partial charge in [-0.25, -0.2) is 0 Å². The molecule has 1 aromatic heterocycles. The molecule has 0 amide bonds. The fourth-order valence-electron chi connectivity index (χ4n) is 2.52. The number of nitrogens with zero attached hydrogens (tertiary/aromatic N) is 2. The summed E-state index contributed by atoms with van der Waals surface area (Å²) < 4.78 is 5.34. The average Bonchev–Trinajstić information content (AvgIpc) is 2.88. The summed E-state index contributed by atoms with van der Waals surface area (Å²) in [4.78, 5) is 4.43. The molecule has 1 heterocycles. The Morgan fingerprint density at radius 3 is 2.35 bits per heavy atom. The number of benzene rings is 1. The Labute approximate surface area is 126 Å². The minimum absolute atomic E-state index is 0.194. The van der Waals surface area contributed by atoms with E-state index in [2.05, 4.69) is 10.1 Å². The fraction of sp³-hybridized carbons (Fsp3) is 0.429. The van der Waals surface area contributed by atoms with Crippen molar-refractivity contribution < 1.29 is 9.63 Å². The highest BCUT2D eigenvalue weighted by Gasteiger charge is 2.25. The molecule has 1 fully saturated rings. The van der Waals surface area contributed by atoms with Gasteiger partial charge in [0.25, 0.3) is 0 Å². The standard InChI is InChI=1S/C14H14Cl2N2O2/c15-10-5-9(6-11(16)7-10)13-17-14(20-18-13)8-1-3-12(19)4-2-8/h5-8,12,19H,1-4H2. The number of aromatic nitrogens is 2. The average molecular weight is 313 g/mol. The first-order valence-electron chi connectivity index (χ1n) is 6.60. The van der Waals surface area contributed by atoms with Crippen molar-refractivity contribution in [3.63, 3.8) is 0 Å². The lowest BCUT2D eigenvalue weighted by atomic mass is 9.87. The Bertz CT molecular complexity index is 587. The van der Waals surface area contributed by atoms with E-state index < -0.39 is 0 Å². The van der Waals surface area contributed by atoms with Crippen molar-refractivity contribution in [3.05, 3.63) is 34.1 Å². The van der Waals surface area contributed by atoms with Crippen molar-refractivity contribution in [1.29, 1.82) is 0 Å². The van der Waals surface area contributed by atoms with Gasteiger partial charge in [0.1, 0.15) is 0 Å². The van der Waals surface area contributed by atoms with Gasteiger partial charge in [0.15, 0.2) is 0 Å². The first kappa shape index (κ1) is 13.9. The van der Waals surface area contributed by atoms with E-state index in [1.54, 1.807) is 18.2 Å². The van der Waals surface area contributed by atoms with E-state index in [1.165, 1.54) is 0 Å². The highest BCUT2D eigenvalue weighted by Crippen LogP contribution is 2.33. The molecule has 0 radical (unpaired) electrons. The van der Waals surface area contributed by atoms with E-state index >= 15 is 0 Å². The van der Waals surface area contributed by atoms with Crippen molar-refractivity contribution >= 4 is 23.2 Å². The Morgan fingerprint density at radius 1 is 1.05 bits per heavy atom. The van der Waals surface area contributed by atoms with E-state index in [9.17, 15) is 5.11 Å². The molecule has 106 valence electrons. The molecule has 2 aromatic rings. The quantitative estimate of drug-likeness (QED) is 0.908. The number of hydrogen-bond acceptors (Lipinski definition) is 4. The summed E-state index contributed by atoms with van der Waals surface area (Å²) in [5.41, 5.74) is 0.744. The van der Waals surface area contributed by atoms with Gasteiger partial charge in [-0.05, 0) is 43.9 Å². The molecule has 20 heavy (non-hydrogen) atoms. The van der Waals surface area contributed by atoms with Gasteiger partial charge in [-0.1, -0.05) is 28.4 Å². The van der Waals surface area contributed by atoms with Crippen LogP contribution in [0.3, 0.4) is 0 Å². The molecule has 1 aliphatic carbocycles. The van der Waals surface area contributed by atoms with Crippen molar-refractivity contribution in [2.24, 2.45) is 0 Å². The molecular weight excluding hydrogens is 299 g/mol. The van der Waals surface area contributed by atoms with Gasteiger partial charge in [0.2, 0.25) is 11.7 Å². The minimum Gasteiger partial charge on any atom is -0.393 e. The fourth-order valence-corrected chi connectivity index (χ4v) is 3.05. The molecule has 0 aliphatic heterocycles. The highest BCUT2D eigenvalue weighted by molar-refractivity contribution is 6.35. The van der Waals surface area contributed by atoms with Crippen LogP contribution in [-0.2, 0) is 0 Å². The highest BCUT2D eigenvalue weighted by atomic mass is 35.5. The first-order chi connectivity index (χ1) is 9.61. The van der Waals surface area contributed by atoms with Crippen LogP contribution < -0.4 is 0 Å². The van der Waals surface area contributed by atoms with E-state index in [1.807, 2.05) is 0 Å². The zero-order valence-corrected chi connectivity index (χ0v) is 12.2. The van der Waals surface area contributed by atoms with Gasteiger partial charge in [-0.3, -0.25) is 0 Å². The normalized spacial score (nSPS) is 22.9. The third-order valence-electron chi connectivity index (χ3n) is 3.61. The van der Waals surface area contributed by atoms with Gasteiger partial charge in [0.05, 0.1) is 6.10 Å². The summed E-state index contributed by atoms with van der Waals surface area (Å²) in [5.74, 6) is 1.35. The molecule has 0 atom stereocenters. The molecule has 0 saturated heterocycles. The number of halogens is 2. The van der Waals surface area contributed by atoms with Gasteiger partial charge in [-0.2, -0.15) is 4.98 Å². The lowest BCUT2D eigenvalue weighted by Gasteiger charge is -2.22. The van der Waals surface area contributed by atoms with Crippen LogP contribution in [0.15, 0.2) is 22.7 Å². The molecule has 1 N–H and O–H groups in total. The summed E-state index contributed by atoms with van der Waals surface area (Å²) in [6.45, 7) is 0. The van der Waals surface area contributed by atoms with Gasteiger partial charge in [-0.15, -0.1) is 0 Å². The number of rotatable bonds is 2. The van der Waals surface area contributed by atoms with Gasteiger partial charge >= 0.3 is 0 Å². The molecule has 0 bridgehead atoms. The lowest BCUT2D eigenvalue weighted by molar-refractivity contribution is 0.116. The molecule has 1 aliphatic rings. The molecular formula is C14H14Cl2N2O2. The molecule has 6 heteroatoms. The topological polar surface area (TPSA) is 59.2 Å². The maximum absolute atomic E-state index is 9.52. The van der Waals surface area contributed by atoms with Crippen LogP contribution in [0.2, 0.25) is 10.0 Å². The number of aliphatic hydroxyl groups is 1. The Hall–Kier alpha value is -1.10. The monoisotopic (exact) mass is 312 g/mol. The largest absolute Gasteiger partial charge is 0.393 e. The van der Waals surface area contributed by atoms with Crippen LogP contribution in [0.1, 0.15) is 37.5 Å². The number of hydrogen-bond donors (Lipinski definition) is 1. The molecule has 0 spiro atoms. The summed E-state index contributed by atoms with van der Waals surface area (Å²) in [6, 6.07) is 5.18. The Kier molecular flexibility index (Phi) is 3.96. The maximum atomic E-state index is 9.52. The van der Waals surface area contributed by atoms with Crippen LogP contribution in [0, 0.1) is 0 Å². The summed E-state index contributed by atoms with van der Waals surface area (Å²) in [7, 11) is 0. The molecule has 4 nitrogen and oxygen atoms in total. The zero-order chi connectivity index (χ0) is 14.1. The maximum Gasteiger partial charge on any atom is 0.230 e. The molecule has 0 unspecified atom stereocenters. The van der Waals surface area contributed by atoms with Crippen molar-refractivity contribution in [2.75, 3.05) is 0 Å². The molecule has 1 saturated carbocycles. The van der Waals surface area contributed by atoms with Gasteiger partial charge in [0, 0.05) is 21.5 Å². The Balaban J connectivity index is 1.83. The smallest absolute Gasteiger partial charge is 0.230 e. The van der Waals surface area contributed by atoms with E-state index in [0.29, 0.717) is 21.8 Å². The van der Waals surface area contributed by atoms with Crippen molar-refractivity contribution in [2.45, 2.75) is 37.7 Å². The molecule has 1 aromatic carbocycles. The second-order valence-electron chi connectivity index (χ2n) is 5.12. The van der Waals surface area contributed by atoms with Crippen LogP contribution in [0.4, 0.5) is 0 Å². The summed E-state index contributed by atoms with van der Waals surface area (Å²) in [6.07, 6.45) is 3.12. The van der Waals surface area contributed by atoms with E-state index in [0.717, 1.165) is 31.2 Å². The third kappa shape index (κ3) is 2.97. The van der Waals surface area contributed by atoms with E-state index in [-0.39, 0.29) is 12.0 Å². The van der Waals surface area contributed by atoms with Crippen LogP contribution >= 0.6 is 23.2 Å².